The quantitative estimate of drug-likeness (QED) is 0.709. The number of carbonyl (C=O) groups is 1. The zero-order chi connectivity index (χ0) is 21.1. The largest absolute Gasteiger partial charge is 0.348 e. The van der Waals surface area contributed by atoms with Crippen molar-refractivity contribution < 1.29 is 4.79 Å². The van der Waals surface area contributed by atoms with Crippen molar-refractivity contribution in [2.24, 2.45) is 5.92 Å². The van der Waals surface area contributed by atoms with E-state index in [1.807, 2.05) is 37.3 Å². The summed E-state index contributed by atoms with van der Waals surface area (Å²) in [4.78, 5) is 32.2. The smallest absolute Gasteiger partial charge is 0.270 e. The first kappa shape index (κ1) is 20.3. The highest BCUT2D eigenvalue weighted by Crippen LogP contribution is 2.19. The van der Waals surface area contributed by atoms with Gasteiger partial charge in [0, 0.05) is 32.0 Å². The number of aromatic nitrogens is 2. The number of hydrogen-bond donors (Lipinski definition) is 1. The lowest BCUT2D eigenvalue weighted by atomic mass is 9.99. The number of pyridine rings is 1. The molecule has 1 N–H and O–H groups in total. The molecule has 0 aliphatic carbocycles. The summed E-state index contributed by atoms with van der Waals surface area (Å²) >= 11 is 0. The Morgan fingerprint density at radius 2 is 2.03 bits per heavy atom. The van der Waals surface area contributed by atoms with Crippen LogP contribution in [0.3, 0.4) is 0 Å². The highest BCUT2D eigenvalue weighted by atomic mass is 16.2. The molecular weight excluding hydrogens is 376 g/mol. The van der Waals surface area contributed by atoms with E-state index >= 15 is 0 Å². The molecule has 0 saturated carbocycles. The van der Waals surface area contributed by atoms with Crippen molar-refractivity contribution in [3.8, 4) is 0 Å². The molecule has 0 bridgehead atoms. The van der Waals surface area contributed by atoms with E-state index in [2.05, 4.69) is 28.2 Å². The van der Waals surface area contributed by atoms with Gasteiger partial charge in [-0.2, -0.15) is 0 Å². The molecule has 1 aromatic carbocycles. The van der Waals surface area contributed by atoms with E-state index in [4.69, 9.17) is 0 Å². The van der Waals surface area contributed by atoms with E-state index in [1.165, 1.54) is 29.0 Å². The minimum absolute atomic E-state index is 0.0543. The molecule has 4 rings (SSSR count). The molecule has 1 saturated heterocycles. The number of hydrogen-bond acceptors (Lipinski definition) is 4. The molecule has 3 aromatic rings. The maximum Gasteiger partial charge on any atom is 0.270 e. The Labute approximate surface area is 176 Å². The third kappa shape index (κ3) is 4.44. The Bertz CT molecular complexity index is 1120. The minimum Gasteiger partial charge on any atom is -0.348 e. The van der Waals surface area contributed by atoms with Crippen molar-refractivity contribution in [1.82, 2.24) is 19.6 Å². The van der Waals surface area contributed by atoms with E-state index < -0.39 is 5.91 Å². The standard InChI is InChI=1S/C24H28N4O2/c1-17-9-11-28-22(12-17)25-14-21(24(28)30)23(29)26-13-19-7-3-4-8-20(19)16-27-10-5-6-18(2)15-27/h3-4,7-9,11-12,14,18H,5-6,10,13,15-16H2,1-2H3,(H,26,29). The predicted molar refractivity (Wildman–Crippen MR) is 117 cm³/mol. The molecular formula is C24H28N4O2. The van der Waals surface area contributed by atoms with Crippen LogP contribution in [0.15, 0.2) is 53.6 Å². The van der Waals surface area contributed by atoms with Gasteiger partial charge in [0.15, 0.2) is 0 Å². The van der Waals surface area contributed by atoms with Gasteiger partial charge in [-0.25, -0.2) is 4.98 Å². The third-order valence-corrected chi connectivity index (χ3v) is 5.80. The Hall–Kier alpha value is -2.99. The average Bonchev–Trinajstić information content (AvgIpc) is 2.73. The van der Waals surface area contributed by atoms with Gasteiger partial charge < -0.3 is 5.32 Å². The summed E-state index contributed by atoms with van der Waals surface area (Å²) in [5, 5.41) is 2.91. The number of benzene rings is 1. The normalized spacial score (nSPS) is 17.2. The maximum atomic E-state index is 12.7. The highest BCUT2D eigenvalue weighted by molar-refractivity contribution is 5.93. The summed E-state index contributed by atoms with van der Waals surface area (Å²) in [5.74, 6) is 0.326. The summed E-state index contributed by atoms with van der Waals surface area (Å²) in [5.41, 5.74) is 3.55. The van der Waals surface area contributed by atoms with E-state index in [1.54, 1.807) is 6.20 Å². The molecule has 1 unspecified atom stereocenters. The summed E-state index contributed by atoms with van der Waals surface area (Å²) in [7, 11) is 0. The molecule has 1 atom stereocenters. The maximum absolute atomic E-state index is 12.7. The number of piperidine rings is 1. The second-order valence-electron chi connectivity index (χ2n) is 8.34. The lowest BCUT2D eigenvalue weighted by molar-refractivity contribution is 0.0948. The summed E-state index contributed by atoms with van der Waals surface area (Å²) in [6, 6.07) is 11.8. The highest BCUT2D eigenvalue weighted by Gasteiger charge is 2.18. The minimum atomic E-state index is -0.399. The molecule has 1 aliphatic rings. The lowest BCUT2D eigenvalue weighted by Gasteiger charge is -2.31. The first-order chi connectivity index (χ1) is 14.5. The fourth-order valence-electron chi connectivity index (χ4n) is 4.16. The lowest BCUT2D eigenvalue weighted by Crippen LogP contribution is -2.34. The van der Waals surface area contributed by atoms with E-state index in [9.17, 15) is 9.59 Å². The van der Waals surface area contributed by atoms with Crippen molar-refractivity contribution >= 4 is 11.6 Å². The Kier molecular flexibility index (Phi) is 5.95. The molecule has 1 aliphatic heterocycles. The number of nitrogens with zero attached hydrogens (tertiary/aromatic N) is 3. The number of rotatable bonds is 5. The van der Waals surface area contributed by atoms with Crippen molar-refractivity contribution in [2.75, 3.05) is 13.1 Å². The van der Waals surface area contributed by atoms with Crippen molar-refractivity contribution in [2.45, 2.75) is 39.8 Å². The van der Waals surface area contributed by atoms with Gasteiger partial charge in [-0.05, 0) is 61.1 Å². The van der Waals surface area contributed by atoms with Crippen molar-refractivity contribution in [3.63, 3.8) is 0 Å². The Morgan fingerprint density at radius 1 is 1.23 bits per heavy atom. The number of carbonyl (C=O) groups excluding carboxylic acids is 1. The number of amides is 1. The number of likely N-dealkylation sites (tertiary alicyclic amines) is 1. The third-order valence-electron chi connectivity index (χ3n) is 5.80. The summed E-state index contributed by atoms with van der Waals surface area (Å²) < 4.78 is 1.41. The van der Waals surface area contributed by atoms with Crippen LogP contribution in [0.4, 0.5) is 0 Å². The molecule has 2 aromatic heterocycles. The monoisotopic (exact) mass is 404 g/mol. The number of nitrogens with one attached hydrogen (secondary N) is 1. The van der Waals surface area contributed by atoms with Crippen LogP contribution in [0, 0.1) is 12.8 Å². The van der Waals surface area contributed by atoms with Crippen LogP contribution in [-0.4, -0.2) is 33.3 Å². The zero-order valence-electron chi connectivity index (χ0n) is 17.6. The molecule has 3 heterocycles. The van der Waals surface area contributed by atoms with Gasteiger partial charge in [-0.3, -0.25) is 18.9 Å². The molecule has 6 nitrogen and oxygen atoms in total. The van der Waals surface area contributed by atoms with Gasteiger partial charge in [0.1, 0.15) is 11.2 Å². The molecule has 0 radical (unpaired) electrons. The molecule has 156 valence electrons. The van der Waals surface area contributed by atoms with E-state index in [0.29, 0.717) is 12.2 Å². The van der Waals surface area contributed by atoms with Gasteiger partial charge in [-0.1, -0.05) is 31.2 Å². The van der Waals surface area contributed by atoms with Crippen LogP contribution in [0.25, 0.3) is 5.65 Å². The van der Waals surface area contributed by atoms with Gasteiger partial charge in [0.2, 0.25) is 0 Å². The van der Waals surface area contributed by atoms with Crippen LogP contribution in [0.1, 0.15) is 46.8 Å². The van der Waals surface area contributed by atoms with Gasteiger partial charge >= 0.3 is 0 Å². The van der Waals surface area contributed by atoms with Crippen molar-refractivity contribution in [1.29, 1.82) is 0 Å². The molecule has 1 fully saturated rings. The van der Waals surface area contributed by atoms with Crippen LogP contribution < -0.4 is 10.9 Å². The van der Waals surface area contributed by atoms with E-state index in [0.717, 1.165) is 36.7 Å². The molecule has 6 heteroatoms. The van der Waals surface area contributed by atoms with Crippen LogP contribution in [-0.2, 0) is 13.1 Å². The van der Waals surface area contributed by atoms with Gasteiger partial charge in [-0.15, -0.1) is 0 Å². The van der Waals surface area contributed by atoms with E-state index in [-0.39, 0.29) is 11.1 Å². The van der Waals surface area contributed by atoms with Crippen LogP contribution >= 0.6 is 0 Å². The fourth-order valence-corrected chi connectivity index (χ4v) is 4.16. The molecule has 1 amide bonds. The van der Waals surface area contributed by atoms with Crippen LogP contribution in [0.5, 0.6) is 0 Å². The number of fused-ring (bicyclic) bond motifs is 1. The second-order valence-corrected chi connectivity index (χ2v) is 8.34. The van der Waals surface area contributed by atoms with Gasteiger partial charge in [0.05, 0.1) is 0 Å². The topological polar surface area (TPSA) is 66.7 Å². The first-order valence-corrected chi connectivity index (χ1v) is 10.6. The predicted octanol–water partition coefficient (Wildman–Crippen LogP) is 3.16. The first-order valence-electron chi connectivity index (χ1n) is 10.6. The number of aryl methyl sites for hydroxylation is 1. The second kappa shape index (κ2) is 8.79. The fraction of sp³-hybridized carbons (Fsp3) is 0.375. The SMILES string of the molecule is Cc1ccn2c(=O)c(C(=O)NCc3ccccc3CN3CCCC(C)C3)cnc2c1. The Balaban J connectivity index is 1.48. The zero-order valence-corrected chi connectivity index (χ0v) is 17.6. The average molecular weight is 405 g/mol. The molecule has 30 heavy (non-hydrogen) atoms. The molecule has 0 spiro atoms. The summed E-state index contributed by atoms with van der Waals surface area (Å²) in [6.45, 7) is 7.73. The summed E-state index contributed by atoms with van der Waals surface area (Å²) in [6.07, 6.45) is 5.56. The Morgan fingerprint density at radius 3 is 2.83 bits per heavy atom. The van der Waals surface area contributed by atoms with Crippen LogP contribution in [0.2, 0.25) is 0 Å². The van der Waals surface area contributed by atoms with Gasteiger partial charge in [0.25, 0.3) is 11.5 Å². The van der Waals surface area contributed by atoms with Crippen molar-refractivity contribution in [3.05, 3.63) is 81.4 Å².